The number of aliphatic hydroxyl groups is 1. The number of nitrogens with one attached hydrogen (secondary N) is 2. The first-order valence-electron chi connectivity index (χ1n) is 20.9. The lowest BCUT2D eigenvalue weighted by Gasteiger charge is -2.24. The van der Waals surface area contributed by atoms with Crippen LogP contribution in [0.1, 0.15) is 66.0 Å². The molecule has 4 aliphatic rings. The van der Waals surface area contributed by atoms with Crippen LogP contribution >= 0.6 is 0 Å². The number of carbonyl (C=O) groups is 1. The number of aromatic nitrogens is 3. The number of carbonyl (C=O) groups excluding carboxylic acids is 1. The van der Waals surface area contributed by atoms with Crippen LogP contribution in [0.25, 0.3) is 44.6 Å². The third kappa shape index (κ3) is 7.30. The van der Waals surface area contributed by atoms with E-state index in [9.17, 15) is 28.4 Å². The number of hydrogen-bond acceptors (Lipinski definition) is 13. The first-order valence-corrected chi connectivity index (χ1v) is 22.5. The van der Waals surface area contributed by atoms with Crippen LogP contribution in [0.5, 0.6) is 0 Å². The van der Waals surface area contributed by atoms with Crippen molar-refractivity contribution in [3.63, 3.8) is 0 Å². The van der Waals surface area contributed by atoms with E-state index in [0.717, 1.165) is 69.5 Å². The Morgan fingerprint density at radius 2 is 1.75 bits per heavy atom. The molecular formula is C45H46N8O7S. The van der Waals surface area contributed by atoms with Gasteiger partial charge in [-0.15, -0.1) is 0 Å². The molecule has 3 aromatic carbocycles. The Kier molecular flexibility index (Phi) is 9.85. The van der Waals surface area contributed by atoms with Gasteiger partial charge in [-0.3, -0.25) is 34.4 Å². The molecule has 3 fully saturated rings. The summed E-state index contributed by atoms with van der Waals surface area (Å²) >= 11 is 0. The summed E-state index contributed by atoms with van der Waals surface area (Å²) in [5.41, 5.74) is 9.11. The van der Waals surface area contributed by atoms with Crippen molar-refractivity contribution in [3.8, 4) is 22.6 Å². The first-order chi connectivity index (χ1) is 29.4. The lowest BCUT2D eigenvalue weighted by molar-refractivity contribution is -0.384. The summed E-state index contributed by atoms with van der Waals surface area (Å²) in [6, 6.07) is 17.7. The van der Waals surface area contributed by atoms with Crippen LogP contribution in [0.15, 0.2) is 71.4 Å². The van der Waals surface area contributed by atoms with Gasteiger partial charge >= 0.3 is 5.69 Å². The molecule has 10 rings (SSSR count). The number of anilines is 2. The van der Waals surface area contributed by atoms with E-state index in [2.05, 4.69) is 43.9 Å². The number of amides is 1. The monoisotopic (exact) mass is 842 g/mol. The van der Waals surface area contributed by atoms with Gasteiger partial charge in [0.1, 0.15) is 11.0 Å². The number of pyridine rings is 2. The van der Waals surface area contributed by atoms with E-state index in [4.69, 9.17) is 14.4 Å². The number of rotatable bonds is 11. The van der Waals surface area contributed by atoms with E-state index in [-0.39, 0.29) is 34.2 Å². The van der Waals surface area contributed by atoms with E-state index in [1.807, 2.05) is 55.6 Å². The van der Waals surface area contributed by atoms with E-state index in [1.165, 1.54) is 0 Å². The van der Waals surface area contributed by atoms with Gasteiger partial charge in [0.05, 0.1) is 22.2 Å². The summed E-state index contributed by atoms with van der Waals surface area (Å²) < 4.78 is 33.5. The molecular weight excluding hydrogens is 797 g/mol. The van der Waals surface area contributed by atoms with Gasteiger partial charge in [-0.25, -0.2) is 18.4 Å². The van der Waals surface area contributed by atoms with Crippen molar-refractivity contribution in [3.05, 3.63) is 105 Å². The second-order valence-corrected chi connectivity index (χ2v) is 19.0. The van der Waals surface area contributed by atoms with Gasteiger partial charge in [-0.1, -0.05) is 24.3 Å². The number of sulfonamides is 1. The minimum atomic E-state index is -3.64. The van der Waals surface area contributed by atoms with Crippen LogP contribution in [0.4, 0.5) is 17.2 Å². The summed E-state index contributed by atoms with van der Waals surface area (Å²) in [7, 11) is -3.64. The number of nitro benzene ring substituents is 1. The van der Waals surface area contributed by atoms with Crippen molar-refractivity contribution in [1.82, 2.24) is 29.5 Å². The van der Waals surface area contributed by atoms with Crippen molar-refractivity contribution in [2.24, 2.45) is 5.92 Å². The van der Waals surface area contributed by atoms with Gasteiger partial charge < -0.3 is 14.8 Å². The van der Waals surface area contributed by atoms with Gasteiger partial charge in [0, 0.05) is 66.8 Å². The van der Waals surface area contributed by atoms with Crippen LogP contribution in [-0.2, 0) is 27.8 Å². The number of hydrogen-bond donors (Lipinski definition) is 3. The van der Waals surface area contributed by atoms with Crippen molar-refractivity contribution >= 4 is 55.1 Å². The molecule has 0 unspecified atom stereocenters. The third-order valence-corrected chi connectivity index (χ3v) is 14.8. The average molecular weight is 843 g/mol. The Morgan fingerprint density at radius 3 is 2.52 bits per heavy atom. The number of nitrogens with zero attached hydrogens (tertiary/aromatic N) is 6. The minimum absolute atomic E-state index is 0.0830. The van der Waals surface area contributed by atoms with Crippen molar-refractivity contribution in [2.45, 2.75) is 76.3 Å². The number of fused-ring (bicyclic) bond motifs is 3. The highest BCUT2D eigenvalue weighted by molar-refractivity contribution is 7.90. The zero-order chi connectivity index (χ0) is 42.2. The van der Waals surface area contributed by atoms with Crippen LogP contribution in [-0.4, -0.2) is 86.6 Å². The van der Waals surface area contributed by atoms with Gasteiger partial charge in [0.2, 0.25) is 27.4 Å². The van der Waals surface area contributed by atoms with Gasteiger partial charge in [0.15, 0.2) is 5.82 Å². The summed E-state index contributed by atoms with van der Waals surface area (Å²) in [4.78, 5) is 44.0. The summed E-state index contributed by atoms with van der Waals surface area (Å²) in [6.07, 6.45) is 6.93. The van der Waals surface area contributed by atoms with E-state index >= 15 is 0 Å². The van der Waals surface area contributed by atoms with Crippen molar-refractivity contribution in [2.75, 3.05) is 31.5 Å². The molecule has 3 N–H and O–H groups in total. The molecule has 0 spiro atoms. The molecule has 314 valence electrons. The maximum Gasteiger partial charge on any atom is 0.317 e. The van der Waals surface area contributed by atoms with Crippen LogP contribution in [0.2, 0.25) is 0 Å². The molecule has 1 saturated carbocycles. The smallest absolute Gasteiger partial charge is 0.317 e. The standard InChI is InChI=1S/C45H46N8O7S/c1-25-32(33-6-4-8-37(26(33)2)48-43-40-28(13-16-46-43)19-27(21-47-40)22-51-17-15-30(54)24-51)5-3-7-34(25)45-49-38-20-36-35(41(53(56)57)42(38)60-45)11-12-39(36)52-18-14-29(23-52)44(55)50-61(58,59)31-9-10-31/h3-8,13,16,19-21,29-31,39,54H,9-12,14-15,17-18,22-24H2,1-2H3,(H,46,48)(H,50,55)/t29-,30-,39-/m1/s1. The molecule has 2 aliphatic heterocycles. The highest BCUT2D eigenvalue weighted by Crippen LogP contribution is 2.47. The number of aliphatic hydroxyl groups excluding tert-OH is 1. The predicted molar refractivity (Wildman–Crippen MR) is 231 cm³/mol. The zero-order valence-electron chi connectivity index (χ0n) is 33.9. The average Bonchev–Trinajstić information content (AvgIpc) is 3.49. The molecule has 5 heterocycles. The number of likely N-dealkylation sites (tertiary alicyclic amines) is 2. The third-order valence-electron chi connectivity index (χ3n) is 13.0. The van der Waals surface area contributed by atoms with Gasteiger partial charge in [-0.2, -0.15) is 0 Å². The molecule has 0 radical (unpaired) electrons. The lowest BCUT2D eigenvalue weighted by atomic mass is 9.93. The Labute approximate surface area is 352 Å². The number of nitro groups is 1. The molecule has 2 saturated heterocycles. The Hall–Kier alpha value is -5.81. The molecule has 16 heteroatoms. The minimum Gasteiger partial charge on any atom is -0.429 e. The van der Waals surface area contributed by atoms with Gasteiger partial charge in [-0.05, 0) is 123 Å². The predicted octanol–water partition coefficient (Wildman–Crippen LogP) is 6.86. The molecule has 2 aliphatic carbocycles. The second kappa shape index (κ2) is 15.3. The largest absolute Gasteiger partial charge is 0.429 e. The molecule has 6 aromatic rings. The molecule has 0 bridgehead atoms. The van der Waals surface area contributed by atoms with Crippen LogP contribution in [0.3, 0.4) is 0 Å². The number of benzene rings is 3. The molecule has 1 amide bonds. The van der Waals surface area contributed by atoms with Crippen molar-refractivity contribution < 1.29 is 27.7 Å². The number of oxazole rings is 1. The fraction of sp³-hybridized carbons (Fsp3) is 0.378. The maximum atomic E-state index is 13.0. The first kappa shape index (κ1) is 39.3. The Morgan fingerprint density at radius 1 is 0.967 bits per heavy atom. The fourth-order valence-corrected chi connectivity index (χ4v) is 11.0. The van der Waals surface area contributed by atoms with Crippen molar-refractivity contribution in [1.29, 1.82) is 0 Å². The Balaban J connectivity index is 0.919. The quantitative estimate of drug-likeness (QED) is 0.0905. The normalized spacial score (nSPS) is 20.7. The fourth-order valence-electron chi connectivity index (χ4n) is 9.61. The zero-order valence-corrected chi connectivity index (χ0v) is 34.7. The Bertz CT molecular complexity index is 2880. The molecule has 15 nitrogen and oxygen atoms in total. The highest BCUT2D eigenvalue weighted by Gasteiger charge is 2.42. The van der Waals surface area contributed by atoms with E-state index in [1.54, 1.807) is 6.20 Å². The molecule has 61 heavy (non-hydrogen) atoms. The van der Waals surface area contributed by atoms with E-state index in [0.29, 0.717) is 74.2 Å². The lowest BCUT2D eigenvalue weighted by Crippen LogP contribution is -2.38. The SMILES string of the molecule is Cc1c(Nc2nccc3cc(CN4CC[C@@H](O)C4)cnc23)cccc1-c1cccc(-c2nc3cc4c(c([N+](=O)[O-])c3o2)CC[C@H]4N2CC[C@@H](C(=O)NS(=O)(=O)C3CC3)C2)c1C. The topological polar surface area (TPSA) is 197 Å². The summed E-state index contributed by atoms with van der Waals surface area (Å²) in [6.45, 7) is 7.26. The molecule has 3 atom stereocenters. The number of β-amino-alcohol motifs (C(OH)–C–C–N with tert-alkyl or cyclic N) is 1. The maximum absolute atomic E-state index is 13.0. The summed E-state index contributed by atoms with van der Waals surface area (Å²) in [5, 5.41) is 26.7. The highest BCUT2D eigenvalue weighted by atomic mass is 32.2. The molecule has 3 aromatic heterocycles. The van der Waals surface area contributed by atoms with Crippen LogP contribution < -0.4 is 10.0 Å². The summed E-state index contributed by atoms with van der Waals surface area (Å²) in [5.74, 6) is -0.0305. The van der Waals surface area contributed by atoms with Gasteiger partial charge in [0.25, 0.3) is 0 Å². The van der Waals surface area contributed by atoms with E-state index < -0.39 is 27.1 Å². The van der Waals surface area contributed by atoms with Crippen LogP contribution in [0, 0.1) is 29.9 Å². The second-order valence-electron chi connectivity index (χ2n) is 17.0.